The van der Waals surface area contributed by atoms with Crippen LogP contribution in [0.3, 0.4) is 0 Å². The van der Waals surface area contributed by atoms with Crippen LogP contribution in [0, 0.1) is 17.8 Å². The van der Waals surface area contributed by atoms with Crippen LogP contribution in [0.1, 0.15) is 49.7 Å². The van der Waals surface area contributed by atoms with Gasteiger partial charge in [0.25, 0.3) is 0 Å². The first kappa shape index (κ1) is 14.4. The Morgan fingerprint density at radius 2 is 2.26 bits per heavy atom. The molecule has 1 aromatic rings. The van der Waals surface area contributed by atoms with Gasteiger partial charge in [0, 0.05) is 12.5 Å². The molecule has 2 unspecified atom stereocenters. The van der Waals surface area contributed by atoms with Gasteiger partial charge in [0.05, 0.1) is 15.6 Å². The van der Waals surface area contributed by atoms with E-state index < -0.39 is 0 Å². The van der Waals surface area contributed by atoms with E-state index in [9.17, 15) is 4.79 Å². The molecule has 0 amide bonds. The van der Waals surface area contributed by atoms with Crippen LogP contribution >= 0.6 is 11.3 Å². The smallest absolute Gasteiger partial charge is 0.177 e. The summed E-state index contributed by atoms with van der Waals surface area (Å²) in [5.41, 5.74) is 6.55. The van der Waals surface area contributed by atoms with Gasteiger partial charge in [-0.15, -0.1) is 11.3 Å². The summed E-state index contributed by atoms with van der Waals surface area (Å²) in [6.45, 7) is 7.14. The Labute approximate surface area is 119 Å². The molecule has 0 aliphatic heterocycles. The van der Waals surface area contributed by atoms with Crippen molar-refractivity contribution in [2.75, 3.05) is 17.6 Å². The SMILES string of the molecule is CC1CCC(CNc2cc(N)c(C(=O)C(C)C)s2)C1. The molecule has 4 heteroatoms. The Kier molecular flexibility index (Phi) is 4.50. The fourth-order valence-electron chi connectivity index (χ4n) is 2.70. The fraction of sp³-hybridized carbons (Fsp3) is 0.667. The van der Waals surface area contributed by atoms with E-state index in [1.54, 1.807) is 0 Å². The lowest BCUT2D eigenvalue weighted by molar-refractivity contribution is 0.0944. The number of carbonyl (C=O) groups is 1. The highest BCUT2D eigenvalue weighted by Crippen LogP contribution is 2.34. The van der Waals surface area contributed by atoms with E-state index in [1.165, 1.54) is 30.6 Å². The summed E-state index contributed by atoms with van der Waals surface area (Å²) in [6, 6.07) is 1.90. The van der Waals surface area contributed by atoms with Crippen molar-refractivity contribution < 1.29 is 4.79 Å². The van der Waals surface area contributed by atoms with Gasteiger partial charge in [0.1, 0.15) is 0 Å². The largest absolute Gasteiger partial charge is 0.397 e. The minimum atomic E-state index is 0.00415. The lowest BCUT2D eigenvalue weighted by atomic mass is 10.1. The van der Waals surface area contributed by atoms with Crippen molar-refractivity contribution in [1.82, 2.24) is 0 Å². The van der Waals surface area contributed by atoms with Crippen molar-refractivity contribution in [1.29, 1.82) is 0 Å². The van der Waals surface area contributed by atoms with Gasteiger partial charge in [0.15, 0.2) is 5.78 Å². The van der Waals surface area contributed by atoms with Gasteiger partial charge in [-0.2, -0.15) is 0 Å². The molecule has 1 fully saturated rings. The molecule has 3 nitrogen and oxygen atoms in total. The van der Waals surface area contributed by atoms with Gasteiger partial charge in [0.2, 0.25) is 0 Å². The third kappa shape index (κ3) is 3.50. The summed E-state index contributed by atoms with van der Waals surface area (Å²) in [5, 5.41) is 4.48. The molecule has 1 aliphatic carbocycles. The number of Topliss-reactive ketones (excluding diaryl/α,β-unsaturated/α-hetero) is 1. The first-order valence-corrected chi connectivity index (χ1v) is 7.96. The Morgan fingerprint density at radius 1 is 1.53 bits per heavy atom. The van der Waals surface area contributed by atoms with E-state index in [4.69, 9.17) is 5.73 Å². The second-order valence-electron chi connectivity index (χ2n) is 6.08. The van der Waals surface area contributed by atoms with Gasteiger partial charge < -0.3 is 11.1 Å². The summed E-state index contributed by atoms with van der Waals surface area (Å²) in [6.07, 6.45) is 3.97. The van der Waals surface area contributed by atoms with Crippen LogP contribution in [0.5, 0.6) is 0 Å². The third-order valence-corrected chi connectivity index (χ3v) is 5.00. The van der Waals surface area contributed by atoms with Crippen molar-refractivity contribution in [2.45, 2.75) is 40.0 Å². The second-order valence-corrected chi connectivity index (χ2v) is 7.13. The van der Waals surface area contributed by atoms with Crippen LogP contribution in [-0.4, -0.2) is 12.3 Å². The number of rotatable bonds is 5. The first-order valence-electron chi connectivity index (χ1n) is 7.14. The molecule has 2 atom stereocenters. The summed E-state index contributed by atoms with van der Waals surface area (Å²) >= 11 is 1.49. The minimum absolute atomic E-state index is 0.00415. The van der Waals surface area contributed by atoms with E-state index >= 15 is 0 Å². The molecule has 2 rings (SSSR count). The third-order valence-electron chi connectivity index (χ3n) is 3.88. The Balaban J connectivity index is 1.95. The number of nitrogens with two attached hydrogens (primary N) is 1. The fourth-order valence-corrected chi connectivity index (χ4v) is 3.78. The van der Waals surface area contributed by atoms with Gasteiger partial charge in [-0.1, -0.05) is 27.2 Å². The van der Waals surface area contributed by atoms with Crippen LogP contribution in [0.25, 0.3) is 0 Å². The molecule has 0 aromatic carbocycles. The van der Waals surface area contributed by atoms with Crippen LogP contribution < -0.4 is 11.1 Å². The van der Waals surface area contributed by atoms with Crippen LogP contribution in [-0.2, 0) is 0 Å². The Bertz CT molecular complexity index is 453. The number of hydrogen-bond acceptors (Lipinski definition) is 4. The van der Waals surface area contributed by atoms with Crippen molar-refractivity contribution in [2.24, 2.45) is 17.8 Å². The second kappa shape index (κ2) is 5.95. The van der Waals surface area contributed by atoms with Crippen molar-refractivity contribution in [3.63, 3.8) is 0 Å². The molecule has 1 aromatic heterocycles. The highest BCUT2D eigenvalue weighted by atomic mass is 32.1. The average Bonchev–Trinajstić information content (AvgIpc) is 2.92. The van der Waals surface area contributed by atoms with E-state index in [2.05, 4.69) is 12.2 Å². The summed E-state index contributed by atoms with van der Waals surface area (Å²) < 4.78 is 0. The van der Waals surface area contributed by atoms with Crippen LogP contribution in [0.15, 0.2) is 6.07 Å². The molecule has 1 heterocycles. The lowest BCUT2D eigenvalue weighted by Crippen LogP contribution is -2.10. The quantitative estimate of drug-likeness (QED) is 0.801. The van der Waals surface area contributed by atoms with Gasteiger partial charge in [-0.05, 0) is 30.7 Å². The molecule has 0 spiro atoms. The number of thiophene rings is 1. The van der Waals surface area contributed by atoms with Crippen molar-refractivity contribution >= 4 is 27.8 Å². The van der Waals surface area contributed by atoms with Gasteiger partial charge in [-0.25, -0.2) is 0 Å². The maximum absolute atomic E-state index is 12.0. The molecule has 3 N–H and O–H groups in total. The molecule has 0 bridgehead atoms. The van der Waals surface area contributed by atoms with E-state index in [-0.39, 0.29) is 11.7 Å². The molecule has 0 radical (unpaired) electrons. The normalized spacial score (nSPS) is 22.9. The number of anilines is 2. The maximum atomic E-state index is 12.0. The molecule has 1 saturated carbocycles. The van der Waals surface area contributed by atoms with E-state index in [0.29, 0.717) is 10.6 Å². The molecular formula is C15H24N2OS. The zero-order valence-corrected chi connectivity index (χ0v) is 12.8. The molecule has 1 aliphatic rings. The lowest BCUT2D eigenvalue weighted by Gasteiger charge is -2.10. The van der Waals surface area contributed by atoms with Crippen molar-refractivity contribution in [3.8, 4) is 0 Å². The summed E-state index contributed by atoms with van der Waals surface area (Å²) in [7, 11) is 0. The summed E-state index contributed by atoms with van der Waals surface area (Å²) in [5.74, 6) is 1.77. The molecule has 19 heavy (non-hydrogen) atoms. The molecule has 0 saturated heterocycles. The van der Waals surface area contributed by atoms with Crippen LogP contribution in [0.2, 0.25) is 0 Å². The highest BCUT2D eigenvalue weighted by molar-refractivity contribution is 7.18. The molecular weight excluding hydrogens is 256 g/mol. The number of nitrogen functional groups attached to an aromatic ring is 1. The molecule has 106 valence electrons. The van der Waals surface area contributed by atoms with Gasteiger partial charge >= 0.3 is 0 Å². The zero-order chi connectivity index (χ0) is 14.0. The Morgan fingerprint density at radius 3 is 2.84 bits per heavy atom. The van der Waals surface area contributed by atoms with Crippen LogP contribution in [0.4, 0.5) is 10.7 Å². The standard InChI is InChI=1S/C15H24N2OS/c1-9(2)14(18)15-12(16)7-13(19-15)17-8-11-5-4-10(3)6-11/h7,9-11,17H,4-6,8,16H2,1-3H3. The topological polar surface area (TPSA) is 55.1 Å². The maximum Gasteiger partial charge on any atom is 0.177 e. The monoisotopic (exact) mass is 280 g/mol. The number of carbonyl (C=O) groups excluding carboxylic acids is 1. The minimum Gasteiger partial charge on any atom is -0.397 e. The predicted octanol–water partition coefficient (Wildman–Crippen LogP) is 4.02. The van der Waals surface area contributed by atoms with E-state index in [0.717, 1.165) is 23.4 Å². The first-order chi connectivity index (χ1) is 8.97. The number of ketones is 1. The number of hydrogen-bond donors (Lipinski definition) is 2. The van der Waals surface area contributed by atoms with Crippen molar-refractivity contribution in [3.05, 3.63) is 10.9 Å². The predicted molar refractivity (Wildman–Crippen MR) is 82.9 cm³/mol. The summed E-state index contributed by atoms with van der Waals surface area (Å²) in [4.78, 5) is 12.7. The van der Waals surface area contributed by atoms with E-state index in [1.807, 2.05) is 19.9 Å². The number of nitrogens with one attached hydrogen (secondary N) is 1. The highest BCUT2D eigenvalue weighted by Gasteiger charge is 2.22. The van der Waals surface area contributed by atoms with Gasteiger partial charge in [-0.3, -0.25) is 4.79 Å². The Hall–Kier alpha value is -1.03. The zero-order valence-electron chi connectivity index (χ0n) is 12.0. The average molecular weight is 280 g/mol.